The van der Waals surface area contributed by atoms with E-state index in [4.69, 9.17) is 10.8 Å². The second kappa shape index (κ2) is 5.35. The van der Waals surface area contributed by atoms with Gasteiger partial charge in [-0.3, -0.25) is 5.32 Å². The molecule has 2 aromatic rings. The number of anilines is 1. The Kier molecular flexibility index (Phi) is 3.82. The molecular weight excluding hydrogens is 238 g/mol. The number of nitrogen functional groups attached to an aromatic ring is 1. The molecule has 0 bridgehead atoms. The maximum atomic E-state index is 9.08. The van der Waals surface area contributed by atoms with Crippen molar-refractivity contribution in [3.63, 3.8) is 0 Å². The van der Waals surface area contributed by atoms with Crippen molar-refractivity contribution in [3.8, 4) is 0 Å². The van der Waals surface area contributed by atoms with Crippen molar-refractivity contribution in [1.29, 1.82) is 0 Å². The van der Waals surface area contributed by atoms with Crippen molar-refractivity contribution in [2.75, 3.05) is 18.6 Å². The quantitative estimate of drug-likeness (QED) is 0.572. The topological polar surface area (TPSA) is 99.8 Å². The first-order chi connectivity index (χ1) is 8.26. The van der Waals surface area contributed by atoms with Crippen LogP contribution < -0.4 is 11.1 Å². The third-order valence-electron chi connectivity index (χ3n) is 2.54. The van der Waals surface area contributed by atoms with Crippen LogP contribution in [0.25, 0.3) is 11.0 Å². The zero-order chi connectivity index (χ0) is 12.3. The van der Waals surface area contributed by atoms with Gasteiger partial charge < -0.3 is 15.8 Å². The lowest BCUT2D eigenvalue weighted by Gasteiger charge is -2.12. The van der Waals surface area contributed by atoms with Gasteiger partial charge in [0.1, 0.15) is 11.8 Å². The predicted octanol–water partition coefficient (Wildman–Crippen LogP) is 0.311. The van der Waals surface area contributed by atoms with E-state index in [-0.39, 0.29) is 12.0 Å². The normalized spacial score (nSPS) is 13.1. The van der Waals surface area contributed by atoms with Gasteiger partial charge in [0.25, 0.3) is 0 Å². The third kappa shape index (κ3) is 2.51. The van der Waals surface area contributed by atoms with Gasteiger partial charge in [-0.05, 0) is 6.26 Å². The van der Waals surface area contributed by atoms with Gasteiger partial charge in [-0.1, -0.05) is 0 Å². The van der Waals surface area contributed by atoms with Crippen LogP contribution >= 0.6 is 11.8 Å². The molecule has 0 aliphatic carbocycles. The molecular formula is C10H15N5OS. The van der Waals surface area contributed by atoms with E-state index in [9.17, 15) is 0 Å². The van der Waals surface area contributed by atoms with Gasteiger partial charge >= 0.3 is 0 Å². The number of fused-ring (bicyclic) bond motifs is 1. The molecule has 0 saturated carbocycles. The van der Waals surface area contributed by atoms with Crippen molar-refractivity contribution < 1.29 is 5.11 Å². The number of hydrogen-bond acceptors (Lipinski definition) is 6. The number of rotatable bonds is 5. The number of aromatic amines is 1. The number of aromatic nitrogens is 3. The molecule has 0 aliphatic heterocycles. The molecule has 0 fully saturated rings. The number of aliphatic hydroxyl groups excluding tert-OH is 1. The van der Waals surface area contributed by atoms with E-state index in [2.05, 4.69) is 20.3 Å². The number of nitrogens with zero attached hydrogens (tertiary/aromatic N) is 2. The van der Waals surface area contributed by atoms with E-state index < -0.39 is 0 Å². The van der Waals surface area contributed by atoms with E-state index in [0.717, 1.165) is 16.6 Å². The fraction of sp³-hybridized carbons (Fsp3) is 0.400. The molecule has 1 atom stereocenters. The van der Waals surface area contributed by atoms with E-state index >= 15 is 0 Å². The van der Waals surface area contributed by atoms with Crippen molar-refractivity contribution in [3.05, 3.63) is 18.1 Å². The van der Waals surface area contributed by atoms with E-state index in [0.29, 0.717) is 12.4 Å². The largest absolute Gasteiger partial charge is 0.394 e. The number of nitrogens with one attached hydrogen (secondary N) is 2. The molecule has 0 aliphatic rings. The molecule has 0 spiro atoms. The summed E-state index contributed by atoms with van der Waals surface area (Å²) in [6.07, 6.45) is 5.26. The highest BCUT2D eigenvalue weighted by Crippen LogP contribution is 2.19. The molecule has 2 rings (SSSR count). The zero-order valence-electron chi connectivity index (χ0n) is 9.47. The first kappa shape index (κ1) is 12.2. The fourth-order valence-electron chi connectivity index (χ4n) is 1.59. The Labute approximate surface area is 103 Å². The summed E-state index contributed by atoms with van der Waals surface area (Å²) in [4.78, 5) is 11.2. The number of hydrogen-bond donors (Lipinski definition) is 4. The summed E-state index contributed by atoms with van der Waals surface area (Å²) in [6.45, 7) is 0.725. The van der Waals surface area contributed by atoms with Gasteiger partial charge in [0, 0.05) is 18.3 Å². The van der Waals surface area contributed by atoms with Gasteiger partial charge in [0.2, 0.25) is 0 Å². The molecule has 0 saturated heterocycles. The molecule has 17 heavy (non-hydrogen) atoms. The number of thioether (sulfide) groups is 1. The second-order valence-electron chi connectivity index (χ2n) is 3.58. The minimum atomic E-state index is 0.0270. The van der Waals surface area contributed by atoms with E-state index in [1.165, 1.54) is 6.33 Å². The second-order valence-corrected chi connectivity index (χ2v) is 4.62. The fourth-order valence-corrected chi connectivity index (χ4v) is 1.99. The molecule has 0 aromatic carbocycles. The molecule has 6 nitrogen and oxygen atoms in total. The zero-order valence-corrected chi connectivity index (χ0v) is 10.3. The maximum absolute atomic E-state index is 9.08. The van der Waals surface area contributed by atoms with Crippen LogP contribution in [0.3, 0.4) is 0 Å². The van der Waals surface area contributed by atoms with Crippen LogP contribution in [0.2, 0.25) is 0 Å². The van der Waals surface area contributed by atoms with E-state index in [1.807, 2.05) is 12.5 Å². The Balaban J connectivity index is 2.17. The Hall–Kier alpha value is -1.31. The van der Waals surface area contributed by atoms with Crippen LogP contribution in [-0.4, -0.2) is 38.3 Å². The standard InChI is InChI=1S/C10H15N5OS/c1-17-7(4-16)12-2-6-3-13-9-8(6)14-5-15-10(9)11/h3,5,7,12-13,16H,2,4H2,1H3,(H2,11,14,15). The predicted molar refractivity (Wildman–Crippen MR) is 69.5 cm³/mol. The lowest BCUT2D eigenvalue weighted by molar-refractivity contribution is 0.280. The monoisotopic (exact) mass is 253 g/mol. The average Bonchev–Trinajstić information content (AvgIpc) is 2.75. The average molecular weight is 253 g/mol. The number of aliphatic hydroxyl groups is 1. The SMILES string of the molecule is CSC(CO)NCc1c[nH]c2c(N)ncnc12. The minimum Gasteiger partial charge on any atom is -0.394 e. The summed E-state index contributed by atoms with van der Waals surface area (Å²) >= 11 is 1.57. The number of H-pyrrole nitrogens is 1. The van der Waals surface area contributed by atoms with E-state index in [1.54, 1.807) is 11.8 Å². The molecule has 1 unspecified atom stereocenters. The Bertz CT molecular complexity index is 496. The molecule has 0 amide bonds. The molecule has 92 valence electrons. The number of nitrogens with two attached hydrogens (primary N) is 1. The van der Waals surface area contributed by atoms with Gasteiger partial charge in [-0.15, -0.1) is 11.8 Å². The minimum absolute atomic E-state index is 0.0270. The molecule has 7 heteroatoms. The van der Waals surface area contributed by atoms with Crippen molar-refractivity contribution in [2.24, 2.45) is 0 Å². The van der Waals surface area contributed by atoms with Crippen LogP contribution in [0.15, 0.2) is 12.5 Å². The van der Waals surface area contributed by atoms with Crippen molar-refractivity contribution in [2.45, 2.75) is 11.9 Å². The lowest BCUT2D eigenvalue weighted by Crippen LogP contribution is -2.28. The third-order valence-corrected chi connectivity index (χ3v) is 3.43. The van der Waals surface area contributed by atoms with Crippen molar-refractivity contribution in [1.82, 2.24) is 20.3 Å². The van der Waals surface area contributed by atoms with Crippen molar-refractivity contribution >= 4 is 28.6 Å². The highest BCUT2D eigenvalue weighted by molar-refractivity contribution is 7.99. The van der Waals surface area contributed by atoms with Crippen LogP contribution in [0, 0.1) is 0 Å². The summed E-state index contributed by atoms with van der Waals surface area (Å²) in [5.41, 5.74) is 8.33. The Morgan fingerprint density at radius 3 is 3.12 bits per heavy atom. The Morgan fingerprint density at radius 1 is 1.59 bits per heavy atom. The first-order valence-electron chi connectivity index (χ1n) is 5.19. The van der Waals surface area contributed by atoms with Crippen LogP contribution in [-0.2, 0) is 6.54 Å². The molecule has 2 heterocycles. The summed E-state index contributed by atoms with van der Waals surface area (Å²) in [5.74, 6) is 0.449. The summed E-state index contributed by atoms with van der Waals surface area (Å²) < 4.78 is 0. The van der Waals surface area contributed by atoms with Crippen LogP contribution in [0.4, 0.5) is 5.82 Å². The van der Waals surface area contributed by atoms with Gasteiger partial charge in [0.05, 0.1) is 17.5 Å². The molecule has 5 N–H and O–H groups in total. The molecule has 2 aromatic heterocycles. The highest BCUT2D eigenvalue weighted by atomic mass is 32.2. The summed E-state index contributed by atoms with van der Waals surface area (Å²) in [7, 11) is 0. The summed E-state index contributed by atoms with van der Waals surface area (Å²) in [6, 6.07) is 0. The smallest absolute Gasteiger partial charge is 0.151 e. The first-order valence-corrected chi connectivity index (χ1v) is 6.48. The van der Waals surface area contributed by atoms with Gasteiger partial charge in [-0.25, -0.2) is 9.97 Å². The summed E-state index contributed by atoms with van der Waals surface area (Å²) in [5, 5.41) is 12.3. The van der Waals surface area contributed by atoms with Crippen LogP contribution in [0.5, 0.6) is 0 Å². The molecule has 0 radical (unpaired) electrons. The highest BCUT2D eigenvalue weighted by Gasteiger charge is 2.10. The van der Waals surface area contributed by atoms with Crippen LogP contribution in [0.1, 0.15) is 5.56 Å². The van der Waals surface area contributed by atoms with Gasteiger partial charge in [0.15, 0.2) is 5.82 Å². The lowest BCUT2D eigenvalue weighted by atomic mass is 10.3. The maximum Gasteiger partial charge on any atom is 0.151 e. The van der Waals surface area contributed by atoms with Gasteiger partial charge in [-0.2, -0.15) is 0 Å². The Morgan fingerprint density at radius 2 is 2.41 bits per heavy atom.